The highest BCUT2D eigenvalue weighted by molar-refractivity contribution is 7.89. The number of nitrogens with zero attached hydrogens (tertiary/aromatic N) is 1. The van der Waals surface area contributed by atoms with Gasteiger partial charge in [-0.25, -0.2) is 17.5 Å². The van der Waals surface area contributed by atoms with E-state index in [0.717, 1.165) is 0 Å². The van der Waals surface area contributed by atoms with Crippen molar-refractivity contribution in [1.82, 2.24) is 4.72 Å². The van der Waals surface area contributed by atoms with Gasteiger partial charge in [-0.2, -0.15) is 0 Å². The molecule has 3 N–H and O–H groups in total. The van der Waals surface area contributed by atoms with Crippen LogP contribution in [0.1, 0.15) is 6.42 Å². The highest BCUT2D eigenvalue weighted by Gasteiger charge is 2.31. The molecule has 0 saturated carbocycles. The number of amides is 1. The highest BCUT2D eigenvalue weighted by Crippen LogP contribution is 2.32. The molecule has 2 aromatic carbocycles. The first-order valence-electron chi connectivity index (χ1n) is 7.74. The molecule has 0 aliphatic carbocycles. The number of hydrogen-bond acceptors (Lipinski definition) is 4. The lowest BCUT2D eigenvalue weighted by molar-refractivity contribution is -0.118. The van der Waals surface area contributed by atoms with E-state index in [0.29, 0.717) is 24.1 Å². The van der Waals surface area contributed by atoms with Crippen LogP contribution in [0.4, 0.5) is 10.1 Å². The largest absolute Gasteiger partial charge is 0.320 e. The summed E-state index contributed by atoms with van der Waals surface area (Å²) in [6.07, 6.45) is 0.475. The maximum absolute atomic E-state index is 14.6. The smallest absolute Gasteiger partial charge is 0.244 e. The predicted molar refractivity (Wildman–Crippen MR) is 100 cm³/mol. The minimum Gasteiger partial charge on any atom is -0.320 e. The maximum Gasteiger partial charge on any atom is 0.244 e. The average molecular weight is 400 g/mol. The van der Waals surface area contributed by atoms with Gasteiger partial charge in [-0.15, -0.1) is 12.4 Å². The lowest BCUT2D eigenvalue weighted by Crippen LogP contribution is -2.34. The summed E-state index contributed by atoms with van der Waals surface area (Å²) in [4.78, 5) is 13.4. The molecule has 3 rings (SSSR count). The van der Waals surface area contributed by atoms with Gasteiger partial charge in [0.2, 0.25) is 15.9 Å². The molecule has 0 spiro atoms. The predicted octanol–water partition coefficient (Wildman–Crippen LogP) is 1.89. The molecule has 2 aromatic rings. The molecule has 26 heavy (non-hydrogen) atoms. The maximum atomic E-state index is 14.6. The summed E-state index contributed by atoms with van der Waals surface area (Å²) in [5.41, 5.74) is 6.61. The molecule has 0 radical (unpaired) electrons. The zero-order chi connectivity index (χ0) is 18.2. The van der Waals surface area contributed by atoms with E-state index in [1.807, 2.05) is 0 Å². The third-order valence-electron chi connectivity index (χ3n) is 4.24. The van der Waals surface area contributed by atoms with Crippen LogP contribution in [0.25, 0.3) is 11.1 Å². The number of benzene rings is 2. The van der Waals surface area contributed by atoms with E-state index in [2.05, 4.69) is 4.72 Å². The van der Waals surface area contributed by atoms with Crippen molar-refractivity contribution in [3.05, 3.63) is 48.3 Å². The van der Waals surface area contributed by atoms with Gasteiger partial charge in [0.1, 0.15) is 5.82 Å². The zero-order valence-electron chi connectivity index (χ0n) is 14.0. The van der Waals surface area contributed by atoms with Crippen LogP contribution < -0.4 is 15.4 Å². The fraction of sp³-hybridized carbons (Fsp3) is 0.235. The molecule has 0 unspecified atom stereocenters. The number of sulfonamides is 1. The van der Waals surface area contributed by atoms with E-state index in [-0.39, 0.29) is 28.9 Å². The Morgan fingerprint density at radius 3 is 2.50 bits per heavy atom. The number of halogens is 2. The van der Waals surface area contributed by atoms with Crippen LogP contribution in [0, 0.1) is 5.82 Å². The molecular weight excluding hydrogens is 381 g/mol. The van der Waals surface area contributed by atoms with Gasteiger partial charge in [0.25, 0.3) is 0 Å². The monoisotopic (exact) mass is 399 g/mol. The van der Waals surface area contributed by atoms with Crippen molar-refractivity contribution in [2.24, 2.45) is 5.73 Å². The van der Waals surface area contributed by atoms with Gasteiger partial charge >= 0.3 is 0 Å². The van der Waals surface area contributed by atoms with Crippen molar-refractivity contribution in [3.8, 4) is 11.1 Å². The van der Waals surface area contributed by atoms with Crippen LogP contribution in [0.3, 0.4) is 0 Å². The Kier molecular flexibility index (Phi) is 6.02. The van der Waals surface area contributed by atoms with Gasteiger partial charge in [0.05, 0.1) is 16.6 Å². The summed E-state index contributed by atoms with van der Waals surface area (Å²) in [5, 5.41) is 0. The molecule has 1 aliphatic heterocycles. The van der Waals surface area contributed by atoms with Crippen molar-refractivity contribution in [1.29, 1.82) is 0 Å². The second-order valence-electron chi connectivity index (χ2n) is 5.75. The van der Waals surface area contributed by atoms with Crippen LogP contribution in [-0.2, 0) is 14.8 Å². The fourth-order valence-electron chi connectivity index (χ4n) is 2.88. The van der Waals surface area contributed by atoms with E-state index in [1.165, 1.54) is 30.1 Å². The van der Waals surface area contributed by atoms with Crippen LogP contribution in [-0.4, -0.2) is 34.0 Å². The first-order valence-corrected chi connectivity index (χ1v) is 9.23. The van der Waals surface area contributed by atoms with Gasteiger partial charge in [-0.1, -0.05) is 24.3 Å². The lowest BCUT2D eigenvalue weighted by atomic mass is 10.0. The molecule has 1 heterocycles. The van der Waals surface area contributed by atoms with Crippen molar-refractivity contribution in [3.63, 3.8) is 0 Å². The Morgan fingerprint density at radius 2 is 1.92 bits per heavy atom. The summed E-state index contributed by atoms with van der Waals surface area (Å²) >= 11 is 0. The van der Waals surface area contributed by atoms with Crippen LogP contribution in [0.2, 0.25) is 0 Å². The van der Waals surface area contributed by atoms with E-state index in [1.54, 1.807) is 24.3 Å². The molecule has 0 bridgehead atoms. The van der Waals surface area contributed by atoms with Crippen LogP contribution in [0.5, 0.6) is 0 Å². The van der Waals surface area contributed by atoms with Crippen LogP contribution in [0.15, 0.2) is 47.4 Å². The third-order valence-corrected chi connectivity index (χ3v) is 5.71. The fourth-order valence-corrected chi connectivity index (χ4v) is 3.84. The van der Waals surface area contributed by atoms with Gasteiger partial charge < -0.3 is 10.6 Å². The summed E-state index contributed by atoms with van der Waals surface area (Å²) in [6, 6.07) is 10.0. The Labute approximate surface area is 157 Å². The Morgan fingerprint density at radius 1 is 1.23 bits per heavy atom. The molecule has 1 atom stereocenters. The number of nitrogens with two attached hydrogens (primary N) is 1. The third kappa shape index (κ3) is 3.59. The second-order valence-corrected chi connectivity index (χ2v) is 7.61. The molecule has 1 amide bonds. The Bertz CT molecular complexity index is 937. The number of anilines is 1. The van der Waals surface area contributed by atoms with Gasteiger partial charge in [-0.05, 0) is 37.2 Å². The zero-order valence-corrected chi connectivity index (χ0v) is 15.6. The van der Waals surface area contributed by atoms with Gasteiger partial charge in [0, 0.05) is 12.1 Å². The molecule has 6 nitrogen and oxygen atoms in total. The molecule has 0 aromatic heterocycles. The Balaban J connectivity index is 0.00000243. The number of hydrogen-bond donors (Lipinski definition) is 2. The lowest BCUT2D eigenvalue weighted by Gasteiger charge is -2.18. The first kappa shape index (κ1) is 20.3. The van der Waals surface area contributed by atoms with Gasteiger partial charge in [-0.3, -0.25) is 4.79 Å². The number of rotatable bonds is 4. The molecule has 1 fully saturated rings. The average Bonchev–Trinajstić information content (AvgIpc) is 2.94. The summed E-state index contributed by atoms with van der Waals surface area (Å²) < 4.78 is 41.2. The Hall–Kier alpha value is -2.00. The van der Waals surface area contributed by atoms with Crippen molar-refractivity contribution in [2.75, 3.05) is 18.5 Å². The standard InChI is InChI=1S/C17H18FN3O3S.ClH/c1-20-25(23,24)16-5-3-2-4-12(16)11-6-7-15(13(18)10-11)21-9-8-14(19)17(21)22;/h2-7,10,14,20H,8-9,19H2,1H3;1H/t14-;/m0./s1. The van der Waals surface area contributed by atoms with Crippen molar-refractivity contribution < 1.29 is 17.6 Å². The minimum atomic E-state index is -3.69. The number of nitrogens with one attached hydrogen (secondary N) is 1. The summed E-state index contributed by atoms with van der Waals surface area (Å²) in [5.74, 6) is -0.915. The topological polar surface area (TPSA) is 92.5 Å². The summed E-state index contributed by atoms with van der Waals surface area (Å²) in [6.45, 7) is 0.362. The van der Waals surface area contributed by atoms with E-state index < -0.39 is 21.9 Å². The normalized spacial score (nSPS) is 17.3. The molecule has 1 aliphatic rings. The molecule has 9 heteroatoms. The number of carbonyl (C=O) groups is 1. The molecule has 1 saturated heterocycles. The van der Waals surface area contributed by atoms with Crippen molar-refractivity contribution >= 4 is 34.0 Å². The summed E-state index contributed by atoms with van der Waals surface area (Å²) in [7, 11) is -2.37. The quantitative estimate of drug-likeness (QED) is 0.821. The SMILES string of the molecule is CNS(=O)(=O)c1ccccc1-c1ccc(N2CC[C@H](N)C2=O)c(F)c1.Cl. The van der Waals surface area contributed by atoms with Crippen molar-refractivity contribution in [2.45, 2.75) is 17.4 Å². The van der Waals surface area contributed by atoms with Crippen LogP contribution >= 0.6 is 12.4 Å². The van der Waals surface area contributed by atoms with E-state index >= 15 is 0 Å². The number of carbonyl (C=O) groups excluding carboxylic acids is 1. The van der Waals surface area contributed by atoms with E-state index in [4.69, 9.17) is 5.73 Å². The minimum absolute atomic E-state index is 0. The first-order chi connectivity index (χ1) is 11.8. The molecular formula is C17H19ClFN3O3S. The van der Waals surface area contributed by atoms with E-state index in [9.17, 15) is 17.6 Å². The second kappa shape index (κ2) is 7.71. The highest BCUT2D eigenvalue weighted by atomic mass is 35.5. The molecule has 140 valence electrons. The van der Waals surface area contributed by atoms with Gasteiger partial charge in [0.15, 0.2) is 0 Å².